The molecular weight excluding hydrogens is 503 g/mol. The Bertz CT molecular complexity index is 720. The Balaban J connectivity index is 0.00000450. The predicted molar refractivity (Wildman–Crippen MR) is 126 cm³/mol. The van der Waals surface area contributed by atoms with E-state index in [2.05, 4.69) is 15.6 Å². The second kappa shape index (κ2) is 11.3. The molecular formula is C20H33IN4O5. The predicted octanol–water partition coefficient (Wildman–Crippen LogP) is 2.61. The topological polar surface area (TPSA) is 93.7 Å². The van der Waals surface area contributed by atoms with Crippen LogP contribution in [-0.4, -0.2) is 70.1 Å². The number of amides is 1. The molecule has 1 aliphatic rings. The molecule has 2 rings (SSSR count). The molecule has 1 fully saturated rings. The van der Waals surface area contributed by atoms with Gasteiger partial charge in [-0.3, -0.25) is 4.99 Å². The maximum absolute atomic E-state index is 12.0. The summed E-state index contributed by atoms with van der Waals surface area (Å²) in [5.74, 6) is 2.59. The zero-order valence-electron chi connectivity index (χ0n) is 18.7. The Labute approximate surface area is 195 Å². The summed E-state index contributed by atoms with van der Waals surface area (Å²) in [5, 5.41) is 6.56. The number of nitrogens with one attached hydrogen (secondary N) is 2. The molecule has 1 aromatic carbocycles. The highest BCUT2D eigenvalue weighted by atomic mass is 127. The van der Waals surface area contributed by atoms with E-state index in [0.29, 0.717) is 42.8 Å². The van der Waals surface area contributed by atoms with Crippen LogP contribution >= 0.6 is 24.0 Å². The largest absolute Gasteiger partial charge is 0.496 e. The fourth-order valence-electron chi connectivity index (χ4n) is 2.86. The second-order valence-electron chi connectivity index (χ2n) is 7.66. The number of methoxy groups -OCH3 is 3. The van der Waals surface area contributed by atoms with Crippen LogP contribution in [0.15, 0.2) is 17.1 Å². The van der Waals surface area contributed by atoms with Crippen molar-refractivity contribution in [2.75, 3.05) is 41.5 Å². The Morgan fingerprint density at radius 2 is 1.70 bits per heavy atom. The average molecular weight is 536 g/mol. The lowest BCUT2D eigenvalue weighted by Gasteiger charge is -2.40. The van der Waals surface area contributed by atoms with E-state index in [0.717, 1.165) is 5.56 Å². The molecule has 0 aromatic heterocycles. The molecule has 0 aliphatic carbocycles. The van der Waals surface area contributed by atoms with Crippen LogP contribution in [-0.2, 0) is 11.3 Å². The highest BCUT2D eigenvalue weighted by Gasteiger charge is 2.34. The van der Waals surface area contributed by atoms with Crippen molar-refractivity contribution in [3.05, 3.63) is 17.7 Å². The first kappa shape index (κ1) is 25.9. The van der Waals surface area contributed by atoms with E-state index < -0.39 is 5.60 Å². The maximum atomic E-state index is 12.0. The molecule has 9 nitrogen and oxygen atoms in total. The van der Waals surface area contributed by atoms with E-state index in [9.17, 15) is 4.79 Å². The highest BCUT2D eigenvalue weighted by Crippen LogP contribution is 2.33. The van der Waals surface area contributed by atoms with E-state index in [1.807, 2.05) is 20.8 Å². The van der Waals surface area contributed by atoms with Crippen molar-refractivity contribution in [3.8, 4) is 17.2 Å². The molecule has 1 saturated heterocycles. The highest BCUT2D eigenvalue weighted by molar-refractivity contribution is 14.0. The lowest BCUT2D eigenvalue weighted by Crippen LogP contribution is -2.63. The average Bonchev–Trinajstić information content (AvgIpc) is 2.64. The Hall–Kier alpha value is -2.11. The van der Waals surface area contributed by atoms with Crippen molar-refractivity contribution in [1.29, 1.82) is 0 Å². The van der Waals surface area contributed by atoms with Crippen LogP contribution in [0.1, 0.15) is 26.3 Å². The summed E-state index contributed by atoms with van der Waals surface area (Å²) >= 11 is 0. The number of guanidine groups is 1. The number of hydrogen-bond donors (Lipinski definition) is 2. The Kier molecular flexibility index (Phi) is 9.79. The third-order valence-electron chi connectivity index (χ3n) is 4.35. The summed E-state index contributed by atoms with van der Waals surface area (Å²) in [6.07, 6.45) is -0.300. The normalized spacial score (nSPS) is 14.2. The minimum Gasteiger partial charge on any atom is -0.496 e. The lowest BCUT2D eigenvalue weighted by molar-refractivity contribution is 0.00700. The van der Waals surface area contributed by atoms with Crippen molar-refractivity contribution in [2.45, 2.75) is 39.0 Å². The SMILES string of the molecule is CN=C(NCc1c(OC)cc(OC)cc1OC)NC1CN(C(=O)OC(C)(C)C)C1.I. The van der Waals surface area contributed by atoms with Gasteiger partial charge in [0.15, 0.2) is 5.96 Å². The van der Waals surface area contributed by atoms with E-state index in [1.165, 1.54) is 0 Å². The molecule has 0 spiro atoms. The van der Waals surface area contributed by atoms with Crippen LogP contribution in [0, 0.1) is 0 Å². The number of rotatable bonds is 6. The van der Waals surface area contributed by atoms with Gasteiger partial charge in [0.25, 0.3) is 0 Å². The number of nitrogens with zero attached hydrogens (tertiary/aromatic N) is 2. The van der Waals surface area contributed by atoms with Crippen LogP contribution < -0.4 is 24.8 Å². The molecule has 170 valence electrons. The monoisotopic (exact) mass is 536 g/mol. The van der Waals surface area contributed by atoms with E-state index in [4.69, 9.17) is 18.9 Å². The number of benzene rings is 1. The number of ether oxygens (including phenoxy) is 4. The summed E-state index contributed by atoms with van der Waals surface area (Å²) in [6, 6.07) is 3.72. The van der Waals surface area contributed by atoms with Crippen molar-refractivity contribution in [3.63, 3.8) is 0 Å². The number of hydrogen-bond acceptors (Lipinski definition) is 6. The number of aliphatic imine (C=N–C) groups is 1. The molecule has 30 heavy (non-hydrogen) atoms. The number of carbonyl (C=O) groups is 1. The minimum absolute atomic E-state index is 0. The number of carbonyl (C=O) groups excluding carboxylic acids is 1. The standard InChI is InChI=1S/C20H32N4O5.HI/c1-20(2,3)29-19(25)24-11-13(12-24)23-18(21-4)22-10-15-16(27-6)8-14(26-5)9-17(15)28-7;/h8-9,13H,10-12H2,1-7H3,(H2,21,22,23);1H. The first-order valence-electron chi connectivity index (χ1n) is 9.44. The first-order chi connectivity index (χ1) is 13.7. The van der Waals surface area contributed by atoms with Gasteiger partial charge in [-0.25, -0.2) is 4.79 Å². The van der Waals surface area contributed by atoms with Crippen molar-refractivity contribution >= 4 is 36.0 Å². The van der Waals surface area contributed by atoms with Crippen molar-refractivity contribution in [2.24, 2.45) is 4.99 Å². The van der Waals surface area contributed by atoms with Gasteiger partial charge in [-0.2, -0.15) is 0 Å². The van der Waals surface area contributed by atoms with Crippen molar-refractivity contribution in [1.82, 2.24) is 15.5 Å². The molecule has 2 N–H and O–H groups in total. The summed E-state index contributed by atoms with van der Waals surface area (Å²) < 4.78 is 21.6. The van der Waals surface area contributed by atoms with Gasteiger partial charge in [0.1, 0.15) is 22.8 Å². The summed E-state index contributed by atoms with van der Waals surface area (Å²) in [4.78, 5) is 17.9. The quantitative estimate of drug-likeness (QED) is 0.328. The fourth-order valence-corrected chi connectivity index (χ4v) is 2.86. The van der Waals surface area contributed by atoms with Crippen molar-refractivity contribution < 1.29 is 23.7 Å². The van der Waals surface area contributed by atoms with E-state index in [-0.39, 0.29) is 36.1 Å². The van der Waals surface area contributed by atoms with Gasteiger partial charge in [-0.1, -0.05) is 0 Å². The van der Waals surface area contributed by atoms with Gasteiger partial charge >= 0.3 is 6.09 Å². The van der Waals surface area contributed by atoms with Crippen LogP contribution in [0.3, 0.4) is 0 Å². The molecule has 0 radical (unpaired) electrons. The Morgan fingerprint density at radius 3 is 2.13 bits per heavy atom. The van der Waals surface area contributed by atoms with Crippen LogP contribution in [0.25, 0.3) is 0 Å². The fraction of sp³-hybridized carbons (Fsp3) is 0.600. The molecule has 10 heteroatoms. The third-order valence-corrected chi connectivity index (χ3v) is 4.35. The first-order valence-corrected chi connectivity index (χ1v) is 9.44. The van der Waals surface area contributed by atoms with Gasteiger partial charge in [-0.05, 0) is 20.8 Å². The van der Waals surface area contributed by atoms with Gasteiger partial charge in [0.05, 0.1) is 39.5 Å². The lowest BCUT2D eigenvalue weighted by atomic mass is 10.1. The molecule has 1 aliphatic heterocycles. The summed E-state index contributed by atoms with van der Waals surface area (Å²) in [7, 11) is 6.49. The van der Waals surface area contributed by atoms with Crippen LogP contribution in [0.2, 0.25) is 0 Å². The Morgan fingerprint density at radius 1 is 1.13 bits per heavy atom. The molecule has 0 atom stereocenters. The number of likely N-dealkylation sites (tertiary alicyclic amines) is 1. The second-order valence-corrected chi connectivity index (χ2v) is 7.66. The smallest absolute Gasteiger partial charge is 0.410 e. The van der Waals surface area contributed by atoms with E-state index in [1.54, 1.807) is 45.4 Å². The summed E-state index contributed by atoms with van der Waals surface area (Å²) in [6.45, 7) is 7.13. The van der Waals surface area contributed by atoms with Gasteiger partial charge in [0, 0.05) is 32.3 Å². The van der Waals surface area contributed by atoms with Gasteiger partial charge < -0.3 is 34.5 Å². The molecule has 0 bridgehead atoms. The van der Waals surface area contributed by atoms with Crippen LogP contribution in [0.4, 0.5) is 4.79 Å². The molecule has 0 unspecified atom stereocenters. The van der Waals surface area contributed by atoms with Gasteiger partial charge in [-0.15, -0.1) is 24.0 Å². The minimum atomic E-state index is -0.496. The van der Waals surface area contributed by atoms with Gasteiger partial charge in [0.2, 0.25) is 0 Å². The van der Waals surface area contributed by atoms with Crippen LogP contribution in [0.5, 0.6) is 17.2 Å². The third kappa shape index (κ3) is 6.99. The molecule has 1 aromatic rings. The zero-order valence-corrected chi connectivity index (χ0v) is 21.0. The number of halogens is 1. The molecule has 1 amide bonds. The summed E-state index contributed by atoms with van der Waals surface area (Å²) in [5.41, 5.74) is 0.353. The van der Waals surface area contributed by atoms with E-state index >= 15 is 0 Å². The molecule has 0 saturated carbocycles. The molecule has 1 heterocycles. The maximum Gasteiger partial charge on any atom is 0.410 e. The zero-order chi connectivity index (χ0) is 21.6.